The van der Waals surface area contributed by atoms with Gasteiger partial charge in [0.25, 0.3) is 0 Å². The second-order valence-electron chi connectivity index (χ2n) is 5.54. The fraction of sp³-hybridized carbons (Fsp3) is 0.769. The molecule has 20 heavy (non-hydrogen) atoms. The van der Waals surface area contributed by atoms with E-state index in [4.69, 9.17) is 4.42 Å². The standard InChI is InChI=1S/C13H23N5O2/c1-9(2)7-14-8-12-17-18-13(20-12)15-6-5-11(19)16-10-3-4-10/h9-10,14H,3-8H2,1-2H3,(H,15,18)(H,16,19). The van der Waals surface area contributed by atoms with Crippen LogP contribution in [0.15, 0.2) is 4.42 Å². The summed E-state index contributed by atoms with van der Waals surface area (Å²) in [6.45, 7) is 6.25. The molecule has 1 aliphatic carbocycles. The fourth-order valence-electron chi connectivity index (χ4n) is 1.67. The van der Waals surface area contributed by atoms with Crippen LogP contribution in [-0.4, -0.2) is 35.2 Å². The highest BCUT2D eigenvalue weighted by atomic mass is 16.4. The molecule has 1 amide bonds. The van der Waals surface area contributed by atoms with E-state index in [2.05, 4.69) is 40.0 Å². The Labute approximate surface area is 118 Å². The molecule has 1 saturated carbocycles. The Bertz CT molecular complexity index is 428. The average Bonchev–Trinajstić information content (AvgIpc) is 3.07. The molecule has 0 spiro atoms. The molecule has 0 unspecified atom stereocenters. The highest BCUT2D eigenvalue weighted by Crippen LogP contribution is 2.18. The van der Waals surface area contributed by atoms with Crippen molar-refractivity contribution in [1.82, 2.24) is 20.8 Å². The summed E-state index contributed by atoms with van der Waals surface area (Å²) in [6.07, 6.45) is 2.63. The van der Waals surface area contributed by atoms with Crippen LogP contribution in [0.25, 0.3) is 0 Å². The summed E-state index contributed by atoms with van der Waals surface area (Å²) in [5, 5.41) is 16.9. The van der Waals surface area contributed by atoms with Crippen LogP contribution in [0, 0.1) is 5.92 Å². The third kappa shape index (κ3) is 5.56. The maximum Gasteiger partial charge on any atom is 0.315 e. The monoisotopic (exact) mass is 281 g/mol. The van der Waals surface area contributed by atoms with E-state index >= 15 is 0 Å². The van der Waals surface area contributed by atoms with Gasteiger partial charge in [0.1, 0.15) is 0 Å². The Morgan fingerprint density at radius 2 is 2.20 bits per heavy atom. The molecule has 0 aliphatic heterocycles. The summed E-state index contributed by atoms with van der Waals surface area (Å²) in [6, 6.07) is 0.773. The van der Waals surface area contributed by atoms with Crippen molar-refractivity contribution in [3.8, 4) is 0 Å². The highest BCUT2D eigenvalue weighted by Gasteiger charge is 2.22. The van der Waals surface area contributed by atoms with Crippen LogP contribution in [0.3, 0.4) is 0 Å². The maximum atomic E-state index is 11.5. The summed E-state index contributed by atoms with van der Waals surface area (Å²) >= 11 is 0. The van der Waals surface area contributed by atoms with Crippen LogP contribution in [-0.2, 0) is 11.3 Å². The molecule has 1 aromatic heterocycles. The second-order valence-corrected chi connectivity index (χ2v) is 5.54. The molecule has 0 aromatic carbocycles. The Hall–Kier alpha value is -1.63. The number of anilines is 1. The summed E-state index contributed by atoms with van der Waals surface area (Å²) < 4.78 is 5.41. The van der Waals surface area contributed by atoms with E-state index in [1.54, 1.807) is 0 Å². The molecule has 0 saturated heterocycles. The van der Waals surface area contributed by atoms with Gasteiger partial charge in [-0.2, -0.15) is 0 Å². The zero-order chi connectivity index (χ0) is 14.4. The Morgan fingerprint density at radius 1 is 1.40 bits per heavy atom. The molecular weight excluding hydrogens is 258 g/mol. The molecule has 3 N–H and O–H groups in total. The molecule has 1 fully saturated rings. The van der Waals surface area contributed by atoms with Gasteiger partial charge in [-0.3, -0.25) is 4.79 Å². The average molecular weight is 281 g/mol. The van der Waals surface area contributed by atoms with Crippen LogP contribution in [0.2, 0.25) is 0 Å². The van der Waals surface area contributed by atoms with Crippen molar-refractivity contribution in [2.45, 2.75) is 45.7 Å². The fourth-order valence-corrected chi connectivity index (χ4v) is 1.67. The normalized spacial score (nSPS) is 14.6. The van der Waals surface area contributed by atoms with Gasteiger partial charge in [-0.1, -0.05) is 18.9 Å². The van der Waals surface area contributed by atoms with E-state index in [-0.39, 0.29) is 5.91 Å². The summed E-state index contributed by atoms with van der Waals surface area (Å²) in [5.74, 6) is 1.20. The van der Waals surface area contributed by atoms with Crippen LogP contribution >= 0.6 is 0 Å². The maximum absolute atomic E-state index is 11.5. The topological polar surface area (TPSA) is 92.1 Å². The van der Waals surface area contributed by atoms with Crippen molar-refractivity contribution in [2.24, 2.45) is 5.92 Å². The van der Waals surface area contributed by atoms with Gasteiger partial charge in [-0.15, -0.1) is 5.10 Å². The number of rotatable bonds is 9. The van der Waals surface area contributed by atoms with Crippen molar-refractivity contribution in [3.05, 3.63) is 5.89 Å². The number of amides is 1. The molecule has 7 nitrogen and oxygen atoms in total. The molecule has 0 bridgehead atoms. The smallest absolute Gasteiger partial charge is 0.315 e. The number of carbonyl (C=O) groups is 1. The largest absolute Gasteiger partial charge is 0.407 e. The van der Waals surface area contributed by atoms with Crippen LogP contribution in [0.4, 0.5) is 6.01 Å². The number of hydrogen-bond acceptors (Lipinski definition) is 6. The minimum atomic E-state index is 0.0679. The number of nitrogens with one attached hydrogen (secondary N) is 3. The molecular formula is C13H23N5O2. The number of carbonyl (C=O) groups excluding carboxylic acids is 1. The second kappa shape index (κ2) is 7.23. The van der Waals surface area contributed by atoms with Gasteiger partial charge in [0.05, 0.1) is 6.54 Å². The van der Waals surface area contributed by atoms with Crippen molar-refractivity contribution in [3.63, 3.8) is 0 Å². The number of hydrogen-bond donors (Lipinski definition) is 3. The SMILES string of the molecule is CC(C)CNCc1nnc(NCCC(=O)NC2CC2)o1. The number of nitrogens with zero attached hydrogens (tertiary/aromatic N) is 2. The van der Waals surface area contributed by atoms with Crippen molar-refractivity contribution < 1.29 is 9.21 Å². The van der Waals surface area contributed by atoms with Crippen LogP contribution < -0.4 is 16.0 Å². The molecule has 2 rings (SSSR count). The first-order valence-corrected chi connectivity index (χ1v) is 7.20. The first-order chi connectivity index (χ1) is 9.63. The van der Waals surface area contributed by atoms with Crippen molar-refractivity contribution in [1.29, 1.82) is 0 Å². The first kappa shape index (κ1) is 14.8. The minimum absolute atomic E-state index is 0.0679. The predicted octanol–water partition coefficient (Wildman–Crippen LogP) is 0.896. The van der Waals surface area contributed by atoms with Crippen LogP contribution in [0.1, 0.15) is 39.0 Å². The zero-order valence-electron chi connectivity index (χ0n) is 12.1. The van der Waals surface area contributed by atoms with Crippen LogP contribution in [0.5, 0.6) is 0 Å². The lowest BCUT2D eigenvalue weighted by atomic mass is 10.2. The van der Waals surface area contributed by atoms with E-state index in [1.165, 1.54) is 0 Å². The molecule has 1 heterocycles. The molecule has 0 radical (unpaired) electrons. The lowest BCUT2D eigenvalue weighted by molar-refractivity contribution is -0.120. The third-order valence-corrected chi connectivity index (χ3v) is 2.87. The highest BCUT2D eigenvalue weighted by molar-refractivity contribution is 5.77. The van der Waals surface area contributed by atoms with Gasteiger partial charge in [0, 0.05) is 19.0 Å². The Kier molecular flexibility index (Phi) is 5.34. The van der Waals surface area contributed by atoms with Gasteiger partial charge in [0.2, 0.25) is 11.8 Å². The van der Waals surface area contributed by atoms with E-state index < -0.39 is 0 Å². The van der Waals surface area contributed by atoms with Gasteiger partial charge >= 0.3 is 6.01 Å². The predicted molar refractivity (Wildman–Crippen MR) is 75.1 cm³/mol. The quantitative estimate of drug-likeness (QED) is 0.623. The molecule has 0 atom stereocenters. The van der Waals surface area contributed by atoms with E-state index in [9.17, 15) is 4.79 Å². The summed E-state index contributed by atoms with van der Waals surface area (Å²) in [7, 11) is 0. The van der Waals surface area contributed by atoms with E-state index in [0.717, 1.165) is 19.4 Å². The minimum Gasteiger partial charge on any atom is -0.407 e. The molecule has 1 aliphatic rings. The van der Waals surface area contributed by atoms with Gasteiger partial charge in [-0.25, -0.2) is 0 Å². The van der Waals surface area contributed by atoms with Gasteiger partial charge in [-0.05, 0) is 25.3 Å². The Morgan fingerprint density at radius 3 is 2.90 bits per heavy atom. The first-order valence-electron chi connectivity index (χ1n) is 7.20. The summed E-state index contributed by atoms with van der Waals surface area (Å²) in [5.41, 5.74) is 0. The van der Waals surface area contributed by atoms with Gasteiger partial charge < -0.3 is 20.4 Å². The van der Waals surface area contributed by atoms with Crippen molar-refractivity contribution >= 4 is 11.9 Å². The van der Waals surface area contributed by atoms with Gasteiger partial charge in [0.15, 0.2) is 0 Å². The van der Waals surface area contributed by atoms with E-state index in [1.807, 2.05) is 0 Å². The molecule has 112 valence electrons. The lowest BCUT2D eigenvalue weighted by Crippen LogP contribution is -2.27. The molecule has 7 heteroatoms. The zero-order valence-corrected chi connectivity index (χ0v) is 12.1. The molecule has 1 aromatic rings. The Balaban J connectivity index is 1.60. The van der Waals surface area contributed by atoms with Crippen molar-refractivity contribution in [2.75, 3.05) is 18.4 Å². The summed E-state index contributed by atoms with van der Waals surface area (Å²) in [4.78, 5) is 11.5. The number of aromatic nitrogens is 2. The third-order valence-electron chi connectivity index (χ3n) is 2.87. The lowest BCUT2D eigenvalue weighted by Gasteiger charge is -2.04. The van der Waals surface area contributed by atoms with E-state index in [0.29, 0.717) is 43.4 Å².